The van der Waals surface area contributed by atoms with E-state index in [2.05, 4.69) is 19.7 Å². The molecular weight excluding hydrogens is 310 g/mol. The molecule has 1 atom stereocenters. The first-order valence-corrected chi connectivity index (χ1v) is 8.75. The number of aromatic nitrogens is 3. The number of aliphatic carboxylic acids is 1. The molecule has 8 nitrogen and oxygen atoms in total. The van der Waals surface area contributed by atoms with Crippen LogP contribution in [0.2, 0.25) is 0 Å². The van der Waals surface area contributed by atoms with Gasteiger partial charge in [-0.15, -0.1) is 10.2 Å². The van der Waals surface area contributed by atoms with E-state index in [-0.39, 0.29) is 18.6 Å². The van der Waals surface area contributed by atoms with Crippen molar-refractivity contribution >= 4 is 5.97 Å². The number of likely N-dealkylation sites (tertiary alicyclic amines) is 2. The van der Waals surface area contributed by atoms with Crippen molar-refractivity contribution < 1.29 is 15.0 Å². The van der Waals surface area contributed by atoms with Crippen LogP contribution in [0.15, 0.2) is 0 Å². The molecule has 3 rings (SSSR count). The van der Waals surface area contributed by atoms with E-state index in [4.69, 9.17) is 5.11 Å². The predicted molar refractivity (Wildman–Crippen MR) is 87.6 cm³/mol. The highest BCUT2D eigenvalue weighted by Gasteiger charge is 2.27. The van der Waals surface area contributed by atoms with Crippen molar-refractivity contribution in [2.45, 2.75) is 44.2 Å². The van der Waals surface area contributed by atoms with E-state index in [9.17, 15) is 9.90 Å². The lowest BCUT2D eigenvalue weighted by atomic mass is 9.97. The minimum atomic E-state index is -0.776. The topological polar surface area (TPSA) is 94.7 Å². The molecule has 2 aliphatic rings. The van der Waals surface area contributed by atoms with E-state index >= 15 is 0 Å². The number of carbonyl (C=O) groups is 1. The Balaban J connectivity index is 1.62. The summed E-state index contributed by atoms with van der Waals surface area (Å²) in [6.45, 7) is 4.19. The van der Waals surface area contributed by atoms with E-state index < -0.39 is 5.97 Å². The zero-order chi connectivity index (χ0) is 17.1. The Morgan fingerprint density at radius 3 is 2.62 bits per heavy atom. The molecule has 1 aromatic rings. The van der Waals surface area contributed by atoms with Crippen molar-refractivity contribution in [2.24, 2.45) is 7.05 Å². The van der Waals surface area contributed by atoms with Gasteiger partial charge in [0, 0.05) is 32.6 Å². The maximum atomic E-state index is 10.9. The van der Waals surface area contributed by atoms with Crippen LogP contribution in [-0.2, 0) is 18.4 Å². The summed E-state index contributed by atoms with van der Waals surface area (Å²) in [5, 5.41) is 27.3. The summed E-state index contributed by atoms with van der Waals surface area (Å²) < 4.78 is 2.07. The van der Waals surface area contributed by atoms with Crippen LogP contribution in [0.1, 0.15) is 43.3 Å². The van der Waals surface area contributed by atoms with E-state index in [1.807, 2.05) is 11.9 Å². The Labute approximate surface area is 142 Å². The molecule has 0 aromatic carbocycles. The van der Waals surface area contributed by atoms with Gasteiger partial charge >= 0.3 is 5.97 Å². The average molecular weight is 337 g/mol. The van der Waals surface area contributed by atoms with Gasteiger partial charge in [-0.3, -0.25) is 14.6 Å². The number of piperidine rings is 2. The van der Waals surface area contributed by atoms with Gasteiger partial charge in [0.15, 0.2) is 0 Å². The fraction of sp³-hybridized carbons (Fsp3) is 0.812. The molecule has 2 saturated heterocycles. The Kier molecular flexibility index (Phi) is 5.47. The van der Waals surface area contributed by atoms with Gasteiger partial charge in [-0.2, -0.15) is 0 Å². The minimum Gasteiger partial charge on any atom is -0.480 e. The molecule has 0 bridgehead atoms. The molecule has 8 heteroatoms. The predicted octanol–water partition coefficient (Wildman–Crippen LogP) is 0.0358. The van der Waals surface area contributed by atoms with Crippen LogP contribution in [-0.4, -0.2) is 79.6 Å². The van der Waals surface area contributed by atoms with Gasteiger partial charge in [0.05, 0.1) is 19.2 Å². The number of hydrogen-bond donors (Lipinski definition) is 2. The third-order valence-electron chi connectivity index (χ3n) is 5.15. The van der Waals surface area contributed by atoms with Crippen LogP contribution in [0.5, 0.6) is 0 Å². The fourth-order valence-corrected chi connectivity index (χ4v) is 3.75. The molecule has 2 N–H and O–H groups in total. The van der Waals surface area contributed by atoms with E-state index in [0.29, 0.717) is 0 Å². The van der Waals surface area contributed by atoms with Crippen LogP contribution >= 0.6 is 0 Å². The average Bonchev–Trinajstić information content (AvgIpc) is 2.90. The summed E-state index contributed by atoms with van der Waals surface area (Å²) in [6.07, 6.45) is 3.48. The smallest absolute Gasteiger partial charge is 0.317 e. The number of hydrogen-bond acceptors (Lipinski definition) is 6. The van der Waals surface area contributed by atoms with Gasteiger partial charge in [-0.1, -0.05) is 0 Å². The van der Waals surface area contributed by atoms with Crippen molar-refractivity contribution in [3.63, 3.8) is 0 Å². The normalized spacial score (nSPS) is 24.3. The molecule has 0 spiro atoms. The van der Waals surface area contributed by atoms with Crippen LogP contribution in [0.4, 0.5) is 0 Å². The first kappa shape index (κ1) is 17.3. The molecule has 0 aliphatic carbocycles. The SMILES string of the molecule is Cn1c(CN2CCC(O)CC2)nnc1C1CCCN(CC(=O)O)C1. The van der Waals surface area contributed by atoms with E-state index in [1.54, 1.807) is 0 Å². The molecule has 0 saturated carbocycles. The van der Waals surface area contributed by atoms with Crippen molar-refractivity contribution in [3.8, 4) is 0 Å². The largest absolute Gasteiger partial charge is 0.480 e. The highest BCUT2D eigenvalue weighted by atomic mass is 16.4. The standard InChI is InChI=1S/C16H27N5O3/c1-19-14(10-20-7-4-13(22)5-8-20)17-18-16(19)12-3-2-6-21(9-12)11-15(23)24/h12-13,22H,2-11H2,1H3,(H,23,24). The van der Waals surface area contributed by atoms with E-state index in [0.717, 1.165) is 70.1 Å². The number of aliphatic hydroxyl groups excluding tert-OH is 1. The Hall–Kier alpha value is -1.51. The summed E-state index contributed by atoms with van der Waals surface area (Å²) in [5.41, 5.74) is 0. The summed E-state index contributed by atoms with van der Waals surface area (Å²) >= 11 is 0. The lowest BCUT2D eigenvalue weighted by Crippen LogP contribution is -2.38. The molecule has 24 heavy (non-hydrogen) atoms. The highest BCUT2D eigenvalue weighted by molar-refractivity contribution is 5.69. The van der Waals surface area contributed by atoms with Crippen LogP contribution in [0.25, 0.3) is 0 Å². The lowest BCUT2D eigenvalue weighted by Gasteiger charge is -2.31. The summed E-state index contributed by atoms with van der Waals surface area (Å²) in [5.74, 6) is 1.36. The molecule has 0 radical (unpaired) electrons. The van der Waals surface area contributed by atoms with Gasteiger partial charge in [-0.05, 0) is 32.2 Å². The number of aliphatic hydroxyl groups is 1. The molecule has 3 heterocycles. The number of rotatable bonds is 5. The maximum absolute atomic E-state index is 10.9. The summed E-state index contributed by atoms with van der Waals surface area (Å²) in [7, 11) is 2.00. The summed E-state index contributed by atoms with van der Waals surface area (Å²) in [6, 6.07) is 0. The van der Waals surface area contributed by atoms with Gasteiger partial charge in [-0.25, -0.2) is 0 Å². The van der Waals surface area contributed by atoms with Crippen molar-refractivity contribution in [1.82, 2.24) is 24.6 Å². The second kappa shape index (κ2) is 7.58. The lowest BCUT2D eigenvalue weighted by molar-refractivity contribution is -0.138. The molecular formula is C16H27N5O3. The van der Waals surface area contributed by atoms with Crippen molar-refractivity contribution in [3.05, 3.63) is 11.6 Å². The van der Waals surface area contributed by atoms with Gasteiger partial charge in [0.1, 0.15) is 11.6 Å². The summed E-state index contributed by atoms with van der Waals surface area (Å²) in [4.78, 5) is 15.2. The van der Waals surface area contributed by atoms with E-state index in [1.165, 1.54) is 0 Å². The molecule has 134 valence electrons. The second-order valence-corrected chi connectivity index (χ2v) is 7.01. The molecule has 1 unspecified atom stereocenters. The van der Waals surface area contributed by atoms with Gasteiger partial charge in [0.2, 0.25) is 0 Å². The zero-order valence-corrected chi connectivity index (χ0v) is 14.3. The third kappa shape index (κ3) is 4.12. The van der Waals surface area contributed by atoms with Crippen LogP contribution in [0, 0.1) is 0 Å². The van der Waals surface area contributed by atoms with Gasteiger partial charge in [0.25, 0.3) is 0 Å². The van der Waals surface area contributed by atoms with Crippen LogP contribution in [0.3, 0.4) is 0 Å². The zero-order valence-electron chi connectivity index (χ0n) is 14.3. The number of carboxylic acid groups (broad SMARTS) is 1. The first-order valence-electron chi connectivity index (χ1n) is 8.75. The fourth-order valence-electron chi connectivity index (χ4n) is 3.75. The van der Waals surface area contributed by atoms with Crippen molar-refractivity contribution in [1.29, 1.82) is 0 Å². The quantitative estimate of drug-likeness (QED) is 0.783. The van der Waals surface area contributed by atoms with Crippen molar-refractivity contribution in [2.75, 3.05) is 32.7 Å². The van der Waals surface area contributed by atoms with Gasteiger partial charge < -0.3 is 14.8 Å². The highest BCUT2D eigenvalue weighted by Crippen LogP contribution is 2.26. The Morgan fingerprint density at radius 2 is 1.92 bits per heavy atom. The monoisotopic (exact) mass is 337 g/mol. The second-order valence-electron chi connectivity index (χ2n) is 7.01. The number of carboxylic acids is 1. The minimum absolute atomic E-state index is 0.0946. The Morgan fingerprint density at radius 1 is 1.17 bits per heavy atom. The maximum Gasteiger partial charge on any atom is 0.317 e. The molecule has 1 aromatic heterocycles. The first-order chi connectivity index (χ1) is 11.5. The molecule has 0 amide bonds. The molecule has 2 aliphatic heterocycles. The molecule has 2 fully saturated rings. The third-order valence-corrected chi connectivity index (χ3v) is 5.15. The number of nitrogens with zero attached hydrogens (tertiary/aromatic N) is 5. The Bertz CT molecular complexity index is 568. The van der Waals surface area contributed by atoms with Crippen LogP contribution < -0.4 is 0 Å².